The summed E-state index contributed by atoms with van der Waals surface area (Å²) in [6, 6.07) is 16.8. The van der Waals surface area contributed by atoms with Crippen molar-refractivity contribution in [2.75, 3.05) is 19.0 Å². The predicted molar refractivity (Wildman–Crippen MR) is 115 cm³/mol. The zero-order valence-electron chi connectivity index (χ0n) is 16.5. The molecule has 0 radical (unpaired) electrons. The molecule has 3 aromatic carbocycles. The van der Waals surface area contributed by atoms with Crippen LogP contribution < -0.4 is 10.1 Å². The van der Waals surface area contributed by atoms with Gasteiger partial charge in [0.05, 0.1) is 23.7 Å². The number of carbonyl (C=O) groups excluding carboxylic acids is 2. The Morgan fingerprint density at radius 1 is 1.03 bits per heavy atom. The number of nitrogens with one attached hydrogen (secondary N) is 1. The third-order valence-corrected chi connectivity index (χ3v) is 4.98. The van der Waals surface area contributed by atoms with Gasteiger partial charge in [0.2, 0.25) is 0 Å². The highest BCUT2D eigenvalue weighted by Crippen LogP contribution is 2.26. The van der Waals surface area contributed by atoms with Crippen molar-refractivity contribution < 1.29 is 19.1 Å². The predicted octanol–water partition coefficient (Wildman–Crippen LogP) is 5.10. The van der Waals surface area contributed by atoms with Crippen LogP contribution in [0.15, 0.2) is 54.6 Å². The van der Waals surface area contributed by atoms with Crippen LogP contribution >= 0.6 is 11.6 Å². The van der Waals surface area contributed by atoms with Gasteiger partial charge in [-0.1, -0.05) is 41.9 Å². The summed E-state index contributed by atoms with van der Waals surface area (Å²) in [5.74, 6) is -0.639. The molecule has 29 heavy (non-hydrogen) atoms. The number of halogens is 1. The molecular formula is C23H22ClNO4. The van der Waals surface area contributed by atoms with Gasteiger partial charge in [-0.15, -0.1) is 0 Å². The standard InChI is InChI=1S/C23H22ClNO4/c1-14-4-9-21(20(24)10-14)25-22(26)13-29-23(27)15(2)16-5-6-18-12-19(28-3)8-7-17(18)11-16/h4-12,15H,13H2,1-3H3,(H,25,26)/t15-/m0/s1. The Morgan fingerprint density at radius 3 is 2.48 bits per heavy atom. The number of fused-ring (bicyclic) bond motifs is 1. The number of ether oxygens (including phenoxy) is 2. The van der Waals surface area contributed by atoms with E-state index in [1.165, 1.54) is 0 Å². The van der Waals surface area contributed by atoms with E-state index in [0.29, 0.717) is 10.7 Å². The molecule has 0 bridgehead atoms. The van der Waals surface area contributed by atoms with Gasteiger partial charge >= 0.3 is 5.97 Å². The maximum Gasteiger partial charge on any atom is 0.313 e. The maximum atomic E-state index is 12.4. The van der Waals surface area contributed by atoms with Gasteiger partial charge in [0.15, 0.2) is 6.61 Å². The molecule has 0 unspecified atom stereocenters. The first kappa shape index (κ1) is 20.7. The molecule has 0 spiro atoms. The van der Waals surface area contributed by atoms with Gasteiger partial charge in [0.25, 0.3) is 5.91 Å². The zero-order valence-corrected chi connectivity index (χ0v) is 17.2. The number of hydrogen-bond donors (Lipinski definition) is 1. The average molecular weight is 412 g/mol. The molecule has 0 fully saturated rings. The Hall–Kier alpha value is -3.05. The summed E-state index contributed by atoms with van der Waals surface area (Å²) in [6.45, 7) is 3.28. The Morgan fingerprint density at radius 2 is 1.76 bits per heavy atom. The van der Waals surface area contributed by atoms with E-state index in [1.54, 1.807) is 26.2 Å². The minimum absolute atomic E-state index is 0.377. The lowest BCUT2D eigenvalue weighted by atomic mass is 9.98. The van der Waals surface area contributed by atoms with Gasteiger partial charge in [0, 0.05) is 0 Å². The third kappa shape index (κ3) is 5.06. The summed E-state index contributed by atoms with van der Waals surface area (Å²) in [5, 5.41) is 5.09. The van der Waals surface area contributed by atoms with Crippen molar-refractivity contribution in [1.82, 2.24) is 0 Å². The fourth-order valence-corrected chi connectivity index (χ4v) is 3.23. The molecule has 150 valence electrons. The Kier molecular flexibility index (Phi) is 6.39. The summed E-state index contributed by atoms with van der Waals surface area (Å²) in [7, 11) is 1.62. The fourth-order valence-electron chi connectivity index (χ4n) is 2.94. The summed E-state index contributed by atoms with van der Waals surface area (Å²) in [5.41, 5.74) is 2.29. The van der Waals surface area contributed by atoms with E-state index in [1.807, 2.05) is 49.4 Å². The monoisotopic (exact) mass is 411 g/mol. The van der Waals surface area contributed by atoms with Crippen LogP contribution in [-0.2, 0) is 14.3 Å². The molecule has 0 aromatic heterocycles. The second kappa shape index (κ2) is 8.97. The summed E-state index contributed by atoms with van der Waals surface area (Å²) < 4.78 is 10.4. The van der Waals surface area contributed by atoms with Crippen molar-refractivity contribution in [3.05, 3.63) is 70.7 Å². The quantitative estimate of drug-likeness (QED) is 0.573. The van der Waals surface area contributed by atoms with E-state index >= 15 is 0 Å². The highest BCUT2D eigenvalue weighted by atomic mass is 35.5. The molecule has 1 atom stereocenters. The van der Waals surface area contributed by atoms with Crippen molar-refractivity contribution in [2.24, 2.45) is 0 Å². The minimum Gasteiger partial charge on any atom is -0.497 e. The van der Waals surface area contributed by atoms with Crippen LogP contribution in [0.4, 0.5) is 5.69 Å². The van der Waals surface area contributed by atoms with E-state index in [4.69, 9.17) is 21.1 Å². The van der Waals surface area contributed by atoms with Gasteiger partial charge in [-0.2, -0.15) is 0 Å². The first-order valence-corrected chi connectivity index (χ1v) is 9.55. The lowest BCUT2D eigenvalue weighted by Gasteiger charge is -2.13. The van der Waals surface area contributed by atoms with Crippen LogP contribution in [0.25, 0.3) is 10.8 Å². The van der Waals surface area contributed by atoms with Crippen LogP contribution in [0, 0.1) is 6.92 Å². The molecule has 0 heterocycles. The second-order valence-corrected chi connectivity index (χ2v) is 7.24. The number of methoxy groups -OCH3 is 1. The number of benzene rings is 3. The maximum absolute atomic E-state index is 12.4. The van der Waals surface area contributed by atoms with Crippen molar-refractivity contribution in [3.63, 3.8) is 0 Å². The Balaban J connectivity index is 1.61. The van der Waals surface area contributed by atoms with E-state index in [0.717, 1.165) is 27.6 Å². The van der Waals surface area contributed by atoms with Crippen molar-refractivity contribution in [2.45, 2.75) is 19.8 Å². The van der Waals surface area contributed by atoms with Crippen molar-refractivity contribution >= 4 is 39.9 Å². The number of amides is 1. The van der Waals surface area contributed by atoms with Crippen LogP contribution in [0.2, 0.25) is 5.02 Å². The van der Waals surface area contributed by atoms with Crippen LogP contribution in [0.1, 0.15) is 24.0 Å². The number of anilines is 1. The van der Waals surface area contributed by atoms with Gasteiger partial charge in [-0.25, -0.2) is 0 Å². The van der Waals surface area contributed by atoms with Gasteiger partial charge in [-0.3, -0.25) is 9.59 Å². The van der Waals surface area contributed by atoms with Crippen LogP contribution in [0.5, 0.6) is 5.75 Å². The SMILES string of the molecule is COc1ccc2cc([C@H](C)C(=O)OCC(=O)Nc3ccc(C)cc3Cl)ccc2c1. The number of rotatable bonds is 6. The lowest BCUT2D eigenvalue weighted by Crippen LogP contribution is -2.23. The Bertz CT molecular complexity index is 1060. The number of carbonyl (C=O) groups is 2. The summed E-state index contributed by atoms with van der Waals surface area (Å²) >= 11 is 6.10. The largest absolute Gasteiger partial charge is 0.497 e. The molecule has 0 aliphatic rings. The van der Waals surface area contributed by atoms with Gasteiger partial charge < -0.3 is 14.8 Å². The molecular weight excluding hydrogens is 390 g/mol. The van der Waals surface area contributed by atoms with E-state index in [-0.39, 0.29) is 6.61 Å². The molecule has 3 rings (SSSR count). The smallest absolute Gasteiger partial charge is 0.313 e. The van der Waals surface area contributed by atoms with E-state index < -0.39 is 17.8 Å². The number of hydrogen-bond acceptors (Lipinski definition) is 4. The number of aryl methyl sites for hydroxylation is 1. The molecule has 0 saturated carbocycles. The van der Waals surface area contributed by atoms with E-state index in [2.05, 4.69) is 5.32 Å². The molecule has 5 nitrogen and oxygen atoms in total. The first-order valence-electron chi connectivity index (χ1n) is 9.17. The van der Waals surface area contributed by atoms with Crippen LogP contribution in [0.3, 0.4) is 0 Å². The molecule has 0 aliphatic heterocycles. The molecule has 1 N–H and O–H groups in total. The molecule has 0 aliphatic carbocycles. The fraction of sp³-hybridized carbons (Fsp3) is 0.217. The van der Waals surface area contributed by atoms with Crippen molar-refractivity contribution in [1.29, 1.82) is 0 Å². The zero-order chi connectivity index (χ0) is 21.0. The average Bonchev–Trinajstić information content (AvgIpc) is 2.72. The summed E-state index contributed by atoms with van der Waals surface area (Å²) in [6.07, 6.45) is 0. The first-order chi connectivity index (χ1) is 13.9. The highest BCUT2D eigenvalue weighted by molar-refractivity contribution is 6.33. The minimum atomic E-state index is -0.503. The topological polar surface area (TPSA) is 64.6 Å². The van der Waals surface area contributed by atoms with Gasteiger partial charge in [-0.05, 0) is 60.0 Å². The van der Waals surface area contributed by atoms with E-state index in [9.17, 15) is 9.59 Å². The highest BCUT2D eigenvalue weighted by Gasteiger charge is 2.19. The molecule has 3 aromatic rings. The van der Waals surface area contributed by atoms with Gasteiger partial charge in [0.1, 0.15) is 5.75 Å². The molecule has 0 saturated heterocycles. The number of esters is 1. The molecule has 6 heteroatoms. The van der Waals surface area contributed by atoms with Crippen molar-refractivity contribution in [3.8, 4) is 5.75 Å². The van der Waals surface area contributed by atoms with Crippen LogP contribution in [-0.4, -0.2) is 25.6 Å². The lowest BCUT2D eigenvalue weighted by molar-refractivity contribution is -0.148. The summed E-state index contributed by atoms with van der Waals surface area (Å²) in [4.78, 5) is 24.5. The Labute approximate surface area is 174 Å². The second-order valence-electron chi connectivity index (χ2n) is 6.83. The normalized spacial score (nSPS) is 11.7. The third-order valence-electron chi connectivity index (χ3n) is 4.67. The molecule has 1 amide bonds.